The number of aromatic nitrogens is 2. The van der Waals surface area contributed by atoms with E-state index >= 15 is 0 Å². The fourth-order valence-electron chi connectivity index (χ4n) is 2.26. The number of hydrogen-bond donors (Lipinski definition) is 0. The average molecular weight is 339 g/mol. The second-order valence-corrected chi connectivity index (χ2v) is 5.87. The molecule has 0 bridgehead atoms. The topological polar surface area (TPSA) is 55.3 Å². The summed E-state index contributed by atoms with van der Waals surface area (Å²) in [7, 11) is 0. The van der Waals surface area contributed by atoms with Gasteiger partial charge in [0.1, 0.15) is 5.56 Å². The maximum atomic E-state index is 13.2. The Balaban J connectivity index is 2.08. The van der Waals surface area contributed by atoms with E-state index in [4.69, 9.17) is 4.74 Å². The largest absolute Gasteiger partial charge is 0.477 e. The number of carbonyl (C=O) groups is 1. The van der Waals surface area contributed by atoms with Crippen molar-refractivity contribution in [1.82, 2.24) is 9.97 Å². The van der Waals surface area contributed by atoms with Crippen LogP contribution in [0.4, 0.5) is 10.8 Å². The van der Waals surface area contributed by atoms with Crippen molar-refractivity contribution >= 4 is 28.1 Å². The molecule has 0 aliphatic rings. The minimum atomic E-state index is -0.216. The van der Waals surface area contributed by atoms with E-state index < -0.39 is 0 Å². The van der Waals surface area contributed by atoms with Gasteiger partial charge in [-0.1, -0.05) is 18.2 Å². The first-order chi connectivity index (χ1) is 11.7. The van der Waals surface area contributed by atoms with Gasteiger partial charge in [0.05, 0.1) is 18.0 Å². The third kappa shape index (κ3) is 3.28. The number of carbonyl (C=O) groups excluding carboxylic acids is 1. The smallest absolute Gasteiger partial charge is 0.270 e. The number of amides is 1. The zero-order valence-electron chi connectivity index (χ0n) is 13.5. The SMILES string of the molecule is CCOc1ncccc1C(=O)N(c1ccccc1)c1nc(C)cs1. The van der Waals surface area contributed by atoms with Crippen molar-refractivity contribution in [2.24, 2.45) is 0 Å². The van der Waals surface area contributed by atoms with Crippen LogP contribution in [0.1, 0.15) is 23.0 Å². The zero-order valence-corrected chi connectivity index (χ0v) is 14.3. The predicted molar refractivity (Wildman–Crippen MR) is 95.2 cm³/mol. The van der Waals surface area contributed by atoms with Crippen LogP contribution in [0.15, 0.2) is 54.0 Å². The number of ether oxygens (including phenoxy) is 1. The summed E-state index contributed by atoms with van der Waals surface area (Å²) in [5.74, 6) is 0.117. The molecule has 0 N–H and O–H groups in total. The molecular formula is C18H17N3O2S. The molecule has 3 aromatic rings. The van der Waals surface area contributed by atoms with Crippen LogP contribution in [0, 0.1) is 6.92 Å². The molecule has 122 valence electrons. The monoisotopic (exact) mass is 339 g/mol. The van der Waals surface area contributed by atoms with Crippen LogP contribution < -0.4 is 9.64 Å². The van der Waals surface area contributed by atoms with Crippen LogP contribution >= 0.6 is 11.3 Å². The second-order valence-electron chi connectivity index (χ2n) is 5.04. The number of pyridine rings is 1. The number of hydrogen-bond acceptors (Lipinski definition) is 5. The maximum Gasteiger partial charge on any atom is 0.270 e. The predicted octanol–water partition coefficient (Wildman–Crippen LogP) is 4.22. The fraction of sp³-hybridized carbons (Fsp3) is 0.167. The van der Waals surface area contributed by atoms with Gasteiger partial charge in [0.15, 0.2) is 5.13 Å². The number of para-hydroxylation sites is 1. The Morgan fingerprint density at radius 3 is 2.67 bits per heavy atom. The van der Waals surface area contributed by atoms with E-state index in [9.17, 15) is 4.79 Å². The lowest BCUT2D eigenvalue weighted by atomic mass is 10.2. The Bertz CT molecular complexity index is 833. The van der Waals surface area contributed by atoms with Crippen LogP contribution in [0.3, 0.4) is 0 Å². The average Bonchev–Trinajstić information content (AvgIpc) is 3.03. The second kappa shape index (κ2) is 7.23. The van der Waals surface area contributed by atoms with Gasteiger partial charge in [-0.15, -0.1) is 11.3 Å². The van der Waals surface area contributed by atoms with E-state index in [0.717, 1.165) is 11.4 Å². The van der Waals surface area contributed by atoms with E-state index in [2.05, 4.69) is 9.97 Å². The molecule has 0 saturated carbocycles. The van der Waals surface area contributed by atoms with Crippen molar-refractivity contribution in [2.75, 3.05) is 11.5 Å². The first-order valence-electron chi connectivity index (χ1n) is 7.60. The van der Waals surface area contributed by atoms with Gasteiger partial charge in [-0.05, 0) is 38.1 Å². The molecule has 5 nitrogen and oxygen atoms in total. The van der Waals surface area contributed by atoms with Crippen LogP contribution in [-0.4, -0.2) is 22.5 Å². The van der Waals surface area contributed by atoms with Gasteiger partial charge in [0, 0.05) is 11.6 Å². The van der Waals surface area contributed by atoms with E-state index in [0.29, 0.717) is 23.2 Å². The summed E-state index contributed by atoms with van der Waals surface area (Å²) in [6.07, 6.45) is 1.61. The molecule has 0 spiro atoms. The van der Waals surface area contributed by atoms with Crippen molar-refractivity contribution < 1.29 is 9.53 Å². The van der Waals surface area contributed by atoms with E-state index in [1.807, 2.05) is 49.6 Å². The van der Waals surface area contributed by atoms with Crippen molar-refractivity contribution in [1.29, 1.82) is 0 Å². The molecule has 2 aromatic heterocycles. The third-order valence-corrected chi connectivity index (χ3v) is 4.24. The summed E-state index contributed by atoms with van der Waals surface area (Å²) < 4.78 is 5.51. The molecule has 24 heavy (non-hydrogen) atoms. The van der Waals surface area contributed by atoms with Crippen molar-refractivity contribution in [3.8, 4) is 5.88 Å². The van der Waals surface area contributed by atoms with Crippen LogP contribution in [0.25, 0.3) is 0 Å². The Labute approximate surface area is 144 Å². The maximum absolute atomic E-state index is 13.2. The summed E-state index contributed by atoms with van der Waals surface area (Å²) >= 11 is 1.43. The summed E-state index contributed by atoms with van der Waals surface area (Å²) in [6, 6.07) is 12.9. The Kier molecular flexibility index (Phi) is 4.86. The molecule has 0 aliphatic heterocycles. The molecule has 0 aliphatic carbocycles. The van der Waals surface area contributed by atoms with Crippen molar-refractivity contribution in [2.45, 2.75) is 13.8 Å². The number of anilines is 2. The number of aryl methyl sites for hydroxylation is 1. The number of nitrogens with zero attached hydrogens (tertiary/aromatic N) is 3. The lowest BCUT2D eigenvalue weighted by molar-refractivity contribution is 0.0994. The quantitative estimate of drug-likeness (QED) is 0.698. The normalized spacial score (nSPS) is 10.4. The highest BCUT2D eigenvalue weighted by Gasteiger charge is 2.25. The fourth-order valence-corrected chi connectivity index (χ4v) is 3.08. The lowest BCUT2D eigenvalue weighted by Gasteiger charge is -2.21. The van der Waals surface area contributed by atoms with Crippen molar-refractivity contribution in [3.63, 3.8) is 0 Å². The van der Waals surface area contributed by atoms with Gasteiger partial charge in [-0.25, -0.2) is 9.97 Å². The Morgan fingerprint density at radius 1 is 1.21 bits per heavy atom. The van der Waals surface area contributed by atoms with Crippen molar-refractivity contribution in [3.05, 3.63) is 65.3 Å². The van der Waals surface area contributed by atoms with Gasteiger partial charge >= 0.3 is 0 Å². The third-order valence-electron chi connectivity index (χ3n) is 3.30. The minimum absolute atomic E-state index is 0.216. The molecule has 0 unspecified atom stereocenters. The van der Waals surface area contributed by atoms with Gasteiger partial charge in [0.2, 0.25) is 5.88 Å². The van der Waals surface area contributed by atoms with E-state index in [1.165, 1.54) is 11.3 Å². The Hall–Kier alpha value is -2.73. The van der Waals surface area contributed by atoms with Crippen LogP contribution in [0.2, 0.25) is 0 Å². The molecule has 1 amide bonds. The summed E-state index contributed by atoms with van der Waals surface area (Å²) in [5.41, 5.74) is 2.04. The molecule has 0 saturated heterocycles. The highest BCUT2D eigenvalue weighted by atomic mass is 32.1. The standard InChI is InChI=1S/C18H17N3O2S/c1-3-23-16-15(10-7-11-19-16)17(22)21(14-8-5-4-6-9-14)18-20-13(2)12-24-18/h4-12H,3H2,1-2H3. The molecule has 3 rings (SSSR count). The summed E-state index contributed by atoms with van der Waals surface area (Å²) in [5, 5.41) is 2.54. The van der Waals surface area contributed by atoms with Gasteiger partial charge in [-0.3, -0.25) is 9.69 Å². The number of thiazole rings is 1. The molecule has 2 heterocycles. The number of rotatable bonds is 5. The van der Waals surface area contributed by atoms with Gasteiger partial charge in [-0.2, -0.15) is 0 Å². The molecule has 0 fully saturated rings. The molecule has 0 radical (unpaired) electrons. The zero-order chi connectivity index (χ0) is 16.9. The number of benzene rings is 1. The minimum Gasteiger partial charge on any atom is -0.477 e. The lowest BCUT2D eigenvalue weighted by Crippen LogP contribution is -2.26. The first-order valence-corrected chi connectivity index (χ1v) is 8.48. The van der Waals surface area contributed by atoms with Crippen LogP contribution in [0.5, 0.6) is 5.88 Å². The summed E-state index contributed by atoms with van der Waals surface area (Å²) in [4.78, 5) is 23.5. The van der Waals surface area contributed by atoms with Crippen LogP contribution in [-0.2, 0) is 0 Å². The molecular weight excluding hydrogens is 322 g/mol. The highest BCUT2D eigenvalue weighted by Crippen LogP contribution is 2.31. The molecule has 0 atom stereocenters. The van der Waals surface area contributed by atoms with E-state index in [-0.39, 0.29) is 5.91 Å². The first kappa shape index (κ1) is 16.1. The summed E-state index contributed by atoms with van der Waals surface area (Å²) in [6.45, 7) is 4.21. The van der Waals surface area contributed by atoms with Gasteiger partial charge in [0.25, 0.3) is 5.91 Å². The highest BCUT2D eigenvalue weighted by molar-refractivity contribution is 7.14. The molecule has 1 aromatic carbocycles. The Morgan fingerprint density at radius 2 is 2.00 bits per heavy atom. The van der Waals surface area contributed by atoms with E-state index in [1.54, 1.807) is 23.2 Å². The van der Waals surface area contributed by atoms with Gasteiger partial charge < -0.3 is 4.74 Å². The molecule has 6 heteroatoms.